The zero-order valence-electron chi connectivity index (χ0n) is 13.4. The van der Waals surface area contributed by atoms with Gasteiger partial charge in [0.05, 0.1) is 13.0 Å². The second kappa shape index (κ2) is 7.12. The van der Waals surface area contributed by atoms with Gasteiger partial charge in [0.2, 0.25) is 11.8 Å². The predicted octanol–water partition coefficient (Wildman–Crippen LogP) is 1.87. The van der Waals surface area contributed by atoms with Crippen LogP contribution in [0.15, 0.2) is 42.7 Å². The molecule has 2 N–H and O–H groups in total. The standard InChI is InChI=1S/C18H19N3O3/c1-24-13-2-3-16-14(10-13)15(11-17(22)21-16)18(23)20-9-6-12-4-7-19-8-5-12/h2-5,7-8,10,15H,6,9,11H2,1H3,(H,20,23)(H,21,22). The average Bonchev–Trinajstić information content (AvgIpc) is 2.61. The van der Waals surface area contributed by atoms with Gasteiger partial charge in [-0.3, -0.25) is 14.6 Å². The van der Waals surface area contributed by atoms with E-state index in [4.69, 9.17) is 4.74 Å². The number of hydrogen-bond donors (Lipinski definition) is 2. The number of anilines is 1. The zero-order valence-corrected chi connectivity index (χ0v) is 13.4. The van der Waals surface area contributed by atoms with Gasteiger partial charge in [-0.15, -0.1) is 0 Å². The third-order valence-corrected chi connectivity index (χ3v) is 4.08. The Morgan fingerprint density at radius 3 is 2.88 bits per heavy atom. The average molecular weight is 325 g/mol. The fourth-order valence-electron chi connectivity index (χ4n) is 2.80. The molecule has 0 spiro atoms. The maximum absolute atomic E-state index is 12.6. The third kappa shape index (κ3) is 3.53. The highest BCUT2D eigenvalue weighted by Gasteiger charge is 2.30. The summed E-state index contributed by atoms with van der Waals surface area (Å²) in [5.74, 6) is -0.129. The van der Waals surface area contributed by atoms with E-state index in [0.29, 0.717) is 18.0 Å². The smallest absolute Gasteiger partial charge is 0.228 e. The van der Waals surface area contributed by atoms with Crippen molar-refractivity contribution >= 4 is 17.5 Å². The molecule has 2 heterocycles. The van der Waals surface area contributed by atoms with E-state index >= 15 is 0 Å². The molecule has 0 saturated carbocycles. The van der Waals surface area contributed by atoms with E-state index in [2.05, 4.69) is 15.6 Å². The molecule has 6 nitrogen and oxygen atoms in total. The number of methoxy groups -OCH3 is 1. The number of benzene rings is 1. The molecule has 0 saturated heterocycles. The van der Waals surface area contributed by atoms with E-state index in [1.807, 2.05) is 18.2 Å². The summed E-state index contributed by atoms with van der Waals surface area (Å²) in [6.07, 6.45) is 4.32. The highest BCUT2D eigenvalue weighted by Crippen LogP contribution is 2.34. The number of amides is 2. The Morgan fingerprint density at radius 2 is 2.12 bits per heavy atom. The van der Waals surface area contributed by atoms with Crippen molar-refractivity contribution in [2.45, 2.75) is 18.8 Å². The lowest BCUT2D eigenvalue weighted by atomic mass is 9.89. The van der Waals surface area contributed by atoms with E-state index in [9.17, 15) is 9.59 Å². The second-order valence-corrected chi connectivity index (χ2v) is 5.65. The third-order valence-electron chi connectivity index (χ3n) is 4.08. The number of hydrogen-bond acceptors (Lipinski definition) is 4. The van der Waals surface area contributed by atoms with Crippen molar-refractivity contribution in [1.29, 1.82) is 0 Å². The van der Waals surface area contributed by atoms with Crippen molar-refractivity contribution in [3.05, 3.63) is 53.9 Å². The first-order chi connectivity index (χ1) is 11.7. The van der Waals surface area contributed by atoms with E-state index in [1.54, 1.807) is 31.6 Å². The van der Waals surface area contributed by atoms with Gasteiger partial charge in [-0.25, -0.2) is 0 Å². The van der Waals surface area contributed by atoms with Crippen LogP contribution in [-0.4, -0.2) is 30.5 Å². The minimum absolute atomic E-state index is 0.140. The SMILES string of the molecule is COc1ccc2c(c1)C(C(=O)NCCc1ccncc1)CC(=O)N2. The number of fused-ring (bicyclic) bond motifs is 1. The largest absolute Gasteiger partial charge is 0.497 e. The number of nitrogens with zero attached hydrogens (tertiary/aromatic N) is 1. The molecule has 3 rings (SSSR count). The minimum atomic E-state index is -0.499. The Morgan fingerprint density at radius 1 is 1.33 bits per heavy atom. The number of carbonyl (C=O) groups excluding carboxylic acids is 2. The van der Waals surface area contributed by atoms with Crippen LogP contribution in [0.1, 0.15) is 23.5 Å². The summed E-state index contributed by atoms with van der Waals surface area (Å²) in [6, 6.07) is 9.17. The van der Waals surface area contributed by atoms with Crippen molar-refractivity contribution < 1.29 is 14.3 Å². The summed E-state index contributed by atoms with van der Waals surface area (Å²) in [7, 11) is 1.58. The Kier molecular flexibility index (Phi) is 4.74. The molecule has 1 aromatic heterocycles. The van der Waals surface area contributed by atoms with Crippen LogP contribution < -0.4 is 15.4 Å². The van der Waals surface area contributed by atoms with Gasteiger partial charge in [-0.1, -0.05) is 0 Å². The summed E-state index contributed by atoms with van der Waals surface area (Å²) < 4.78 is 5.22. The maximum atomic E-state index is 12.6. The molecule has 0 bridgehead atoms. The molecular formula is C18H19N3O3. The van der Waals surface area contributed by atoms with Crippen molar-refractivity contribution in [1.82, 2.24) is 10.3 Å². The van der Waals surface area contributed by atoms with Gasteiger partial charge in [0.25, 0.3) is 0 Å². The first-order valence-corrected chi connectivity index (χ1v) is 7.82. The van der Waals surface area contributed by atoms with Crippen LogP contribution in [0.25, 0.3) is 0 Å². The molecular weight excluding hydrogens is 306 g/mol. The van der Waals surface area contributed by atoms with Crippen LogP contribution >= 0.6 is 0 Å². The van der Waals surface area contributed by atoms with Crippen LogP contribution in [0.2, 0.25) is 0 Å². The van der Waals surface area contributed by atoms with Crippen molar-refractivity contribution in [2.75, 3.05) is 19.0 Å². The summed E-state index contributed by atoms with van der Waals surface area (Å²) in [4.78, 5) is 28.4. The van der Waals surface area contributed by atoms with Crippen molar-refractivity contribution in [3.63, 3.8) is 0 Å². The Labute approximate surface area is 140 Å². The molecule has 1 aliphatic rings. The lowest BCUT2D eigenvalue weighted by Gasteiger charge is -2.25. The van der Waals surface area contributed by atoms with Crippen molar-refractivity contribution in [3.8, 4) is 5.75 Å². The molecule has 2 aromatic rings. The maximum Gasteiger partial charge on any atom is 0.228 e. The van der Waals surface area contributed by atoms with Gasteiger partial charge in [-0.05, 0) is 47.9 Å². The van der Waals surface area contributed by atoms with Gasteiger partial charge in [-0.2, -0.15) is 0 Å². The van der Waals surface area contributed by atoms with E-state index in [1.165, 1.54) is 0 Å². The summed E-state index contributed by atoms with van der Waals surface area (Å²) in [5.41, 5.74) is 2.56. The molecule has 1 aromatic carbocycles. The number of rotatable bonds is 5. The number of aromatic nitrogens is 1. The number of nitrogens with one attached hydrogen (secondary N) is 2. The lowest BCUT2D eigenvalue weighted by Crippen LogP contribution is -2.36. The molecule has 1 atom stereocenters. The molecule has 1 unspecified atom stereocenters. The molecule has 0 fully saturated rings. The quantitative estimate of drug-likeness (QED) is 0.879. The Bertz CT molecular complexity index is 746. The van der Waals surface area contributed by atoms with Gasteiger partial charge >= 0.3 is 0 Å². The molecule has 124 valence electrons. The van der Waals surface area contributed by atoms with E-state index in [-0.39, 0.29) is 18.2 Å². The van der Waals surface area contributed by atoms with E-state index in [0.717, 1.165) is 17.5 Å². The first-order valence-electron chi connectivity index (χ1n) is 7.82. The monoisotopic (exact) mass is 325 g/mol. The van der Waals surface area contributed by atoms with Crippen LogP contribution in [0.3, 0.4) is 0 Å². The Balaban J connectivity index is 1.69. The highest BCUT2D eigenvalue weighted by atomic mass is 16.5. The number of ether oxygens (including phenoxy) is 1. The molecule has 24 heavy (non-hydrogen) atoms. The summed E-state index contributed by atoms with van der Waals surface area (Å²) in [6.45, 7) is 0.514. The lowest BCUT2D eigenvalue weighted by molar-refractivity contribution is -0.126. The zero-order chi connectivity index (χ0) is 16.9. The molecule has 2 amide bonds. The number of carbonyl (C=O) groups is 2. The highest BCUT2D eigenvalue weighted by molar-refractivity contribution is 6.01. The van der Waals surface area contributed by atoms with Gasteiger partial charge < -0.3 is 15.4 Å². The molecule has 0 radical (unpaired) electrons. The predicted molar refractivity (Wildman–Crippen MR) is 89.9 cm³/mol. The van der Waals surface area contributed by atoms with Crippen molar-refractivity contribution in [2.24, 2.45) is 0 Å². The van der Waals surface area contributed by atoms with E-state index < -0.39 is 5.92 Å². The van der Waals surface area contributed by atoms with Crippen LogP contribution in [0.4, 0.5) is 5.69 Å². The van der Waals surface area contributed by atoms with Gasteiger partial charge in [0, 0.05) is 31.0 Å². The fraction of sp³-hybridized carbons (Fsp3) is 0.278. The minimum Gasteiger partial charge on any atom is -0.497 e. The Hall–Kier alpha value is -2.89. The van der Waals surface area contributed by atoms with Crippen LogP contribution in [0, 0.1) is 0 Å². The number of pyridine rings is 1. The van der Waals surface area contributed by atoms with Crippen LogP contribution in [-0.2, 0) is 16.0 Å². The first kappa shape index (κ1) is 16.0. The summed E-state index contributed by atoms with van der Waals surface area (Å²) >= 11 is 0. The normalized spacial score (nSPS) is 16.0. The molecule has 1 aliphatic heterocycles. The summed E-state index contributed by atoms with van der Waals surface area (Å²) in [5, 5.41) is 5.72. The molecule has 0 aliphatic carbocycles. The topological polar surface area (TPSA) is 80.3 Å². The van der Waals surface area contributed by atoms with Crippen LogP contribution in [0.5, 0.6) is 5.75 Å². The van der Waals surface area contributed by atoms with Gasteiger partial charge in [0.1, 0.15) is 5.75 Å². The second-order valence-electron chi connectivity index (χ2n) is 5.65. The molecule has 6 heteroatoms. The fourth-order valence-corrected chi connectivity index (χ4v) is 2.80. The van der Waals surface area contributed by atoms with Gasteiger partial charge in [0.15, 0.2) is 0 Å².